The number of rotatable bonds is 6. The summed E-state index contributed by atoms with van der Waals surface area (Å²) in [6.45, 7) is 1.68. The number of aliphatic imine (C=N–C) groups is 1. The van der Waals surface area contributed by atoms with Crippen molar-refractivity contribution >= 4 is 29.9 Å². The van der Waals surface area contributed by atoms with Gasteiger partial charge in [0.25, 0.3) is 0 Å². The number of fused-ring (bicyclic) bond motifs is 1. The Morgan fingerprint density at radius 3 is 2.90 bits per heavy atom. The molecule has 0 aliphatic carbocycles. The monoisotopic (exact) mass is 523 g/mol. The van der Waals surface area contributed by atoms with Crippen LogP contribution in [0.3, 0.4) is 0 Å². The number of aromatic nitrogens is 6. The number of nitrogens with zero attached hydrogens (tertiary/aromatic N) is 7. The molecule has 160 valence electrons. The number of ether oxygens (including phenoxy) is 1. The summed E-state index contributed by atoms with van der Waals surface area (Å²) in [5.41, 5.74) is 1.02. The molecule has 10 nitrogen and oxygen atoms in total. The molecule has 30 heavy (non-hydrogen) atoms. The third-order valence-electron chi connectivity index (χ3n) is 4.81. The van der Waals surface area contributed by atoms with Gasteiger partial charge in [0.05, 0.1) is 13.1 Å². The third kappa shape index (κ3) is 5.14. The van der Waals surface area contributed by atoms with E-state index in [0.717, 1.165) is 48.5 Å². The topological polar surface area (TPSA) is 107 Å². The Balaban J connectivity index is 0.00000256. The average Bonchev–Trinajstić information content (AvgIpc) is 3.38. The molecule has 1 aromatic carbocycles. The highest BCUT2D eigenvalue weighted by Crippen LogP contribution is 2.13. The molecule has 4 rings (SSSR count). The van der Waals surface area contributed by atoms with Crippen LogP contribution in [0.1, 0.15) is 23.9 Å². The Bertz CT molecular complexity index is 970. The standard InChI is InChI=1S/C19H25N9O.HI/c1-20-19(21-10-18-25-22-13-27(18)15-6-4-3-5-7-15)23-14-8-9-17-24-16(12-29-2)26-28(17)11-14;/h3-7,13-14H,8-12H2,1-2H3,(H2,20,21,23);1H. The van der Waals surface area contributed by atoms with Crippen molar-refractivity contribution in [2.24, 2.45) is 4.99 Å². The first-order valence-corrected chi connectivity index (χ1v) is 9.60. The molecule has 0 saturated heterocycles. The fourth-order valence-corrected chi connectivity index (χ4v) is 3.40. The van der Waals surface area contributed by atoms with Gasteiger partial charge in [0.15, 0.2) is 17.6 Å². The van der Waals surface area contributed by atoms with Crippen molar-refractivity contribution in [3.05, 3.63) is 54.1 Å². The molecule has 3 heterocycles. The smallest absolute Gasteiger partial charge is 0.191 e. The lowest BCUT2D eigenvalue weighted by atomic mass is 10.1. The molecule has 1 atom stereocenters. The van der Waals surface area contributed by atoms with Crippen LogP contribution in [0.25, 0.3) is 5.69 Å². The SMILES string of the molecule is CN=C(NCc1nncn1-c1ccccc1)NC1CCc2nc(COC)nn2C1.I. The van der Waals surface area contributed by atoms with Crippen molar-refractivity contribution in [1.82, 2.24) is 40.2 Å². The van der Waals surface area contributed by atoms with Gasteiger partial charge in [-0.2, -0.15) is 5.10 Å². The molecule has 1 aliphatic rings. The lowest BCUT2D eigenvalue weighted by Gasteiger charge is -2.25. The van der Waals surface area contributed by atoms with E-state index in [9.17, 15) is 0 Å². The Morgan fingerprint density at radius 2 is 2.13 bits per heavy atom. The minimum absolute atomic E-state index is 0. The Labute approximate surface area is 192 Å². The van der Waals surface area contributed by atoms with Gasteiger partial charge in [0.1, 0.15) is 18.8 Å². The number of benzene rings is 1. The number of nitrogens with one attached hydrogen (secondary N) is 2. The van der Waals surface area contributed by atoms with Gasteiger partial charge in [-0.05, 0) is 18.6 Å². The summed E-state index contributed by atoms with van der Waals surface area (Å²) in [5, 5.41) is 19.6. The highest BCUT2D eigenvalue weighted by molar-refractivity contribution is 14.0. The average molecular weight is 523 g/mol. The predicted octanol–water partition coefficient (Wildman–Crippen LogP) is 1.30. The van der Waals surface area contributed by atoms with Gasteiger partial charge < -0.3 is 15.4 Å². The van der Waals surface area contributed by atoms with E-state index < -0.39 is 0 Å². The fraction of sp³-hybridized carbons (Fsp3) is 0.421. The van der Waals surface area contributed by atoms with Crippen molar-refractivity contribution in [1.29, 1.82) is 0 Å². The molecule has 2 N–H and O–H groups in total. The highest BCUT2D eigenvalue weighted by atomic mass is 127. The molecule has 0 saturated carbocycles. The summed E-state index contributed by atoms with van der Waals surface area (Å²) in [6, 6.07) is 10.2. The third-order valence-corrected chi connectivity index (χ3v) is 4.81. The van der Waals surface area contributed by atoms with E-state index in [0.29, 0.717) is 13.2 Å². The fourth-order valence-electron chi connectivity index (χ4n) is 3.40. The summed E-state index contributed by atoms with van der Waals surface area (Å²) >= 11 is 0. The molecule has 0 bridgehead atoms. The second-order valence-electron chi connectivity index (χ2n) is 6.82. The zero-order valence-electron chi connectivity index (χ0n) is 17.0. The first-order chi connectivity index (χ1) is 14.3. The summed E-state index contributed by atoms with van der Waals surface area (Å²) in [4.78, 5) is 8.86. The summed E-state index contributed by atoms with van der Waals surface area (Å²) in [7, 11) is 3.41. The van der Waals surface area contributed by atoms with Gasteiger partial charge in [-0.15, -0.1) is 34.2 Å². The lowest BCUT2D eigenvalue weighted by Crippen LogP contribution is -2.47. The first-order valence-electron chi connectivity index (χ1n) is 9.60. The number of aryl methyl sites for hydroxylation is 1. The Hall–Kier alpha value is -2.54. The molecule has 0 amide bonds. The maximum Gasteiger partial charge on any atom is 0.191 e. The second-order valence-corrected chi connectivity index (χ2v) is 6.82. The molecule has 3 aromatic rings. The maximum absolute atomic E-state index is 5.13. The molecule has 2 aromatic heterocycles. The number of guanidine groups is 1. The molecule has 0 spiro atoms. The van der Waals surface area contributed by atoms with Crippen molar-refractivity contribution < 1.29 is 4.74 Å². The van der Waals surface area contributed by atoms with Crippen LogP contribution in [0, 0.1) is 0 Å². The quantitative estimate of drug-likeness (QED) is 0.285. The molecule has 1 unspecified atom stereocenters. The Morgan fingerprint density at radius 1 is 1.30 bits per heavy atom. The van der Waals surface area contributed by atoms with Crippen LogP contribution in [0.15, 0.2) is 41.7 Å². The minimum Gasteiger partial charge on any atom is -0.377 e. The van der Waals surface area contributed by atoms with E-state index in [2.05, 4.69) is 35.9 Å². The van der Waals surface area contributed by atoms with E-state index in [-0.39, 0.29) is 30.0 Å². The van der Waals surface area contributed by atoms with Gasteiger partial charge in [-0.3, -0.25) is 9.56 Å². The van der Waals surface area contributed by atoms with E-state index in [4.69, 9.17) is 4.74 Å². The van der Waals surface area contributed by atoms with Crippen molar-refractivity contribution in [2.45, 2.75) is 38.6 Å². The van der Waals surface area contributed by atoms with E-state index in [1.807, 2.05) is 39.6 Å². The highest BCUT2D eigenvalue weighted by Gasteiger charge is 2.22. The zero-order chi connectivity index (χ0) is 20.1. The minimum atomic E-state index is 0. The zero-order valence-corrected chi connectivity index (χ0v) is 19.4. The molecular formula is C19H26IN9O. The first kappa shape index (κ1) is 22.2. The molecule has 1 aliphatic heterocycles. The van der Waals surface area contributed by atoms with E-state index in [1.165, 1.54) is 0 Å². The van der Waals surface area contributed by atoms with Gasteiger partial charge >= 0.3 is 0 Å². The normalized spacial score (nSPS) is 15.9. The number of para-hydroxylation sites is 1. The molecule has 0 radical (unpaired) electrons. The Kier molecular flexibility index (Phi) is 7.74. The maximum atomic E-state index is 5.13. The van der Waals surface area contributed by atoms with E-state index >= 15 is 0 Å². The van der Waals surface area contributed by atoms with Crippen LogP contribution in [0.4, 0.5) is 0 Å². The predicted molar refractivity (Wildman–Crippen MR) is 123 cm³/mol. The van der Waals surface area contributed by atoms with Crippen LogP contribution in [0.5, 0.6) is 0 Å². The van der Waals surface area contributed by atoms with Crippen molar-refractivity contribution in [3.8, 4) is 5.69 Å². The molecular weight excluding hydrogens is 497 g/mol. The van der Waals surface area contributed by atoms with Gasteiger partial charge in [0.2, 0.25) is 0 Å². The summed E-state index contributed by atoms with van der Waals surface area (Å²) in [6.07, 6.45) is 3.55. The van der Waals surface area contributed by atoms with E-state index in [1.54, 1.807) is 20.5 Å². The second kappa shape index (κ2) is 10.5. The largest absolute Gasteiger partial charge is 0.377 e. The van der Waals surface area contributed by atoms with Crippen LogP contribution in [-0.4, -0.2) is 55.7 Å². The summed E-state index contributed by atoms with van der Waals surface area (Å²) in [5.74, 6) is 3.27. The molecule has 11 heteroatoms. The van der Waals surface area contributed by atoms with Crippen LogP contribution < -0.4 is 10.6 Å². The van der Waals surface area contributed by atoms with Crippen LogP contribution in [-0.2, 0) is 30.9 Å². The van der Waals surface area contributed by atoms with Crippen molar-refractivity contribution in [2.75, 3.05) is 14.2 Å². The summed E-state index contributed by atoms with van der Waals surface area (Å²) < 4.78 is 9.04. The van der Waals surface area contributed by atoms with Crippen LogP contribution in [0.2, 0.25) is 0 Å². The number of hydrogen-bond donors (Lipinski definition) is 2. The van der Waals surface area contributed by atoms with Crippen LogP contribution >= 0.6 is 24.0 Å². The van der Waals surface area contributed by atoms with Gasteiger partial charge in [-0.1, -0.05) is 18.2 Å². The molecule has 0 fully saturated rings. The lowest BCUT2D eigenvalue weighted by molar-refractivity contribution is 0.177. The number of hydrogen-bond acceptors (Lipinski definition) is 6. The van der Waals surface area contributed by atoms with Gasteiger partial charge in [-0.25, -0.2) is 9.67 Å². The number of halogens is 1. The van der Waals surface area contributed by atoms with Gasteiger partial charge in [0, 0.05) is 32.3 Å². The van der Waals surface area contributed by atoms with Crippen molar-refractivity contribution in [3.63, 3.8) is 0 Å². The number of methoxy groups -OCH3 is 1.